The van der Waals surface area contributed by atoms with Crippen molar-refractivity contribution in [2.24, 2.45) is 5.92 Å². The van der Waals surface area contributed by atoms with Crippen LogP contribution in [0.1, 0.15) is 59.3 Å². The van der Waals surface area contributed by atoms with E-state index in [1.165, 1.54) is 38.5 Å². The fraction of sp³-hybridized carbons (Fsp3) is 0.917. The Labute approximate surface area is 88.5 Å². The number of hydrogen-bond acceptors (Lipinski definition) is 1. The van der Waals surface area contributed by atoms with Crippen molar-refractivity contribution in [3.05, 3.63) is 0 Å². The Morgan fingerprint density at radius 3 is 2.36 bits per heavy atom. The van der Waals surface area contributed by atoms with Crippen molar-refractivity contribution in [1.82, 2.24) is 5.32 Å². The molecule has 0 aliphatic heterocycles. The standard InChI is InChI=1S/C12H25NO/c1-4-6-7-9-12(8-5-2)10-13-11(3)14/h12H,4-10H2,1-3H3,(H,13,14). The first-order valence-electron chi connectivity index (χ1n) is 5.95. The molecular formula is C12H25NO. The molecule has 0 aromatic rings. The molecule has 0 radical (unpaired) electrons. The minimum absolute atomic E-state index is 0.0987. The van der Waals surface area contributed by atoms with Crippen molar-refractivity contribution in [1.29, 1.82) is 0 Å². The summed E-state index contributed by atoms with van der Waals surface area (Å²) < 4.78 is 0. The molecule has 0 rings (SSSR count). The molecular weight excluding hydrogens is 174 g/mol. The van der Waals surface area contributed by atoms with E-state index in [1.807, 2.05) is 0 Å². The van der Waals surface area contributed by atoms with Gasteiger partial charge in [0, 0.05) is 13.5 Å². The van der Waals surface area contributed by atoms with E-state index >= 15 is 0 Å². The average Bonchev–Trinajstić information content (AvgIpc) is 2.14. The summed E-state index contributed by atoms with van der Waals surface area (Å²) in [6.45, 7) is 6.89. The summed E-state index contributed by atoms with van der Waals surface area (Å²) in [4.78, 5) is 10.8. The van der Waals surface area contributed by atoms with Gasteiger partial charge >= 0.3 is 0 Å². The molecule has 0 aromatic carbocycles. The third-order valence-corrected chi connectivity index (χ3v) is 2.55. The summed E-state index contributed by atoms with van der Waals surface area (Å²) in [6.07, 6.45) is 7.63. The zero-order chi connectivity index (χ0) is 10.8. The first-order valence-corrected chi connectivity index (χ1v) is 5.95. The lowest BCUT2D eigenvalue weighted by Gasteiger charge is -2.15. The normalized spacial score (nSPS) is 12.5. The Bertz CT molecular complexity index is 145. The lowest BCUT2D eigenvalue weighted by Crippen LogP contribution is -2.27. The Balaban J connectivity index is 3.59. The highest BCUT2D eigenvalue weighted by Gasteiger charge is 2.07. The fourth-order valence-electron chi connectivity index (χ4n) is 1.73. The molecule has 0 aromatic heterocycles. The van der Waals surface area contributed by atoms with Gasteiger partial charge in [-0.25, -0.2) is 0 Å². The number of carbonyl (C=O) groups is 1. The molecule has 1 unspecified atom stereocenters. The first kappa shape index (κ1) is 13.5. The van der Waals surface area contributed by atoms with Crippen LogP contribution < -0.4 is 5.32 Å². The van der Waals surface area contributed by atoms with Gasteiger partial charge in [0.15, 0.2) is 0 Å². The van der Waals surface area contributed by atoms with E-state index in [0.29, 0.717) is 5.92 Å². The SMILES string of the molecule is CCCCCC(CCC)CNC(C)=O. The summed E-state index contributed by atoms with van der Waals surface area (Å²) >= 11 is 0. The van der Waals surface area contributed by atoms with Crippen LogP contribution >= 0.6 is 0 Å². The topological polar surface area (TPSA) is 29.1 Å². The molecule has 0 spiro atoms. The molecule has 2 nitrogen and oxygen atoms in total. The van der Waals surface area contributed by atoms with Gasteiger partial charge < -0.3 is 5.32 Å². The van der Waals surface area contributed by atoms with E-state index < -0.39 is 0 Å². The number of carbonyl (C=O) groups excluding carboxylic acids is 1. The molecule has 0 fully saturated rings. The average molecular weight is 199 g/mol. The van der Waals surface area contributed by atoms with Crippen LogP contribution in [0.15, 0.2) is 0 Å². The Kier molecular flexibility index (Phi) is 8.70. The molecule has 2 heteroatoms. The number of hydrogen-bond donors (Lipinski definition) is 1. The lowest BCUT2D eigenvalue weighted by molar-refractivity contribution is -0.119. The first-order chi connectivity index (χ1) is 6.70. The summed E-state index contributed by atoms with van der Waals surface area (Å²) in [5.41, 5.74) is 0. The Hall–Kier alpha value is -0.530. The van der Waals surface area contributed by atoms with Gasteiger partial charge in [-0.05, 0) is 18.8 Å². The Morgan fingerprint density at radius 2 is 1.86 bits per heavy atom. The molecule has 0 saturated heterocycles. The molecule has 1 atom stereocenters. The van der Waals surface area contributed by atoms with Crippen molar-refractivity contribution >= 4 is 5.91 Å². The van der Waals surface area contributed by atoms with Crippen LogP contribution in [0.5, 0.6) is 0 Å². The van der Waals surface area contributed by atoms with Crippen LogP contribution in [-0.2, 0) is 4.79 Å². The van der Waals surface area contributed by atoms with Crippen LogP contribution in [-0.4, -0.2) is 12.5 Å². The second-order valence-corrected chi connectivity index (χ2v) is 4.09. The molecule has 84 valence electrons. The van der Waals surface area contributed by atoms with Gasteiger partial charge in [0.05, 0.1) is 0 Å². The van der Waals surface area contributed by atoms with Gasteiger partial charge in [0.25, 0.3) is 0 Å². The lowest BCUT2D eigenvalue weighted by atomic mass is 9.96. The predicted octanol–water partition coefficient (Wildman–Crippen LogP) is 3.12. The highest BCUT2D eigenvalue weighted by atomic mass is 16.1. The fourth-order valence-corrected chi connectivity index (χ4v) is 1.73. The quantitative estimate of drug-likeness (QED) is 0.598. The molecule has 14 heavy (non-hydrogen) atoms. The van der Waals surface area contributed by atoms with Gasteiger partial charge in [-0.3, -0.25) is 4.79 Å². The van der Waals surface area contributed by atoms with Gasteiger partial charge in [-0.2, -0.15) is 0 Å². The zero-order valence-corrected chi connectivity index (χ0v) is 9.94. The molecule has 0 bridgehead atoms. The van der Waals surface area contributed by atoms with Crippen LogP contribution in [0.3, 0.4) is 0 Å². The minimum Gasteiger partial charge on any atom is -0.356 e. The van der Waals surface area contributed by atoms with E-state index in [4.69, 9.17) is 0 Å². The highest BCUT2D eigenvalue weighted by molar-refractivity contribution is 5.72. The third kappa shape index (κ3) is 8.09. The second kappa shape index (κ2) is 9.04. The summed E-state index contributed by atoms with van der Waals surface area (Å²) in [5.74, 6) is 0.789. The molecule has 0 heterocycles. The van der Waals surface area contributed by atoms with E-state index in [1.54, 1.807) is 6.92 Å². The summed E-state index contributed by atoms with van der Waals surface area (Å²) in [5, 5.41) is 2.92. The molecule has 0 saturated carbocycles. The van der Waals surface area contributed by atoms with Crippen molar-refractivity contribution in [3.8, 4) is 0 Å². The third-order valence-electron chi connectivity index (χ3n) is 2.55. The monoisotopic (exact) mass is 199 g/mol. The van der Waals surface area contributed by atoms with Crippen LogP contribution in [0.4, 0.5) is 0 Å². The van der Waals surface area contributed by atoms with E-state index in [2.05, 4.69) is 19.2 Å². The predicted molar refractivity (Wildman–Crippen MR) is 61.2 cm³/mol. The second-order valence-electron chi connectivity index (χ2n) is 4.09. The van der Waals surface area contributed by atoms with Crippen LogP contribution in [0.25, 0.3) is 0 Å². The number of rotatable bonds is 8. The number of amides is 1. The van der Waals surface area contributed by atoms with E-state index in [9.17, 15) is 4.79 Å². The minimum atomic E-state index is 0.0987. The molecule has 0 aliphatic carbocycles. The van der Waals surface area contributed by atoms with Crippen molar-refractivity contribution in [2.45, 2.75) is 59.3 Å². The van der Waals surface area contributed by atoms with Gasteiger partial charge in [0.2, 0.25) is 5.91 Å². The molecule has 0 aliphatic rings. The smallest absolute Gasteiger partial charge is 0.216 e. The largest absolute Gasteiger partial charge is 0.356 e. The molecule has 1 N–H and O–H groups in total. The maximum absolute atomic E-state index is 10.8. The maximum atomic E-state index is 10.8. The van der Waals surface area contributed by atoms with Gasteiger partial charge in [-0.15, -0.1) is 0 Å². The summed E-state index contributed by atoms with van der Waals surface area (Å²) in [6, 6.07) is 0. The van der Waals surface area contributed by atoms with Crippen molar-refractivity contribution in [3.63, 3.8) is 0 Å². The van der Waals surface area contributed by atoms with Crippen molar-refractivity contribution in [2.75, 3.05) is 6.54 Å². The van der Waals surface area contributed by atoms with E-state index in [-0.39, 0.29) is 5.91 Å². The Morgan fingerprint density at radius 1 is 1.14 bits per heavy atom. The highest BCUT2D eigenvalue weighted by Crippen LogP contribution is 2.14. The maximum Gasteiger partial charge on any atom is 0.216 e. The van der Waals surface area contributed by atoms with Crippen molar-refractivity contribution < 1.29 is 4.79 Å². The molecule has 1 amide bonds. The van der Waals surface area contributed by atoms with Gasteiger partial charge in [-0.1, -0.05) is 39.5 Å². The van der Waals surface area contributed by atoms with E-state index in [0.717, 1.165) is 6.54 Å². The number of nitrogens with one attached hydrogen (secondary N) is 1. The van der Waals surface area contributed by atoms with Crippen LogP contribution in [0.2, 0.25) is 0 Å². The van der Waals surface area contributed by atoms with Crippen LogP contribution in [0, 0.1) is 5.92 Å². The number of unbranched alkanes of at least 4 members (excludes halogenated alkanes) is 2. The zero-order valence-electron chi connectivity index (χ0n) is 9.94. The summed E-state index contributed by atoms with van der Waals surface area (Å²) in [7, 11) is 0. The van der Waals surface area contributed by atoms with Gasteiger partial charge in [0.1, 0.15) is 0 Å².